The second-order valence-corrected chi connectivity index (χ2v) is 6.68. The van der Waals surface area contributed by atoms with Crippen molar-refractivity contribution in [2.45, 2.75) is 0 Å². The van der Waals surface area contributed by atoms with Gasteiger partial charge in [-0.25, -0.2) is 0 Å². The second-order valence-electron chi connectivity index (χ2n) is 4.44. The van der Waals surface area contributed by atoms with E-state index in [1.165, 1.54) is 38.5 Å². The first-order valence-electron chi connectivity index (χ1n) is 6.54. The normalized spacial score (nSPS) is 9.69. The highest BCUT2D eigenvalue weighted by Crippen LogP contribution is 2.40. The van der Waals surface area contributed by atoms with Gasteiger partial charge < -0.3 is 19.7 Å². The highest BCUT2D eigenvalue weighted by molar-refractivity contribution is 14.1. The molecule has 0 amide bonds. The van der Waals surface area contributed by atoms with Crippen LogP contribution in [0.2, 0.25) is 0 Å². The molecule has 0 saturated carbocycles. The Bertz CT molecular complexity index is 844. The number of phenolic OH excluding ortho intramolecular Hbond substituents is 2. The predicted molar refractivity (Wildman–Crippen MR) is 108 cm³/mol. The van der Waals surface area contributed by atoms with Gasteiger partial charge in [0, 0.05) is 18.2 Å². The third kappa shape index (κ3) is 5.20. The van der Waals surface area contributed by atoms with Gasteiger partial charge in [-0.2, -0.15) is 0 Å². The van der Waals surface area contributed by atoms with Crippen LogP contribution in [0.4, 0.5) is 11.4 Å². The Hall–Kier alpha value is -2.10. The maximum Gasteiger partial charge on any atom is 0.313 e. The van der Waals surface area contributed by atoms with Gasteiger partial charge in [0.25, 0.3) is 0 Å². The first kappa shape index (κ1) is 21.9. The fourth-order valence-corrected chi connectivity index (χ4v) is 3.78. The summed E-state index contributed by atoms with van der Waals surface area (Å²) in [6, 6.07) is 5.07. The molecule has 140 valence electrons. The van der Waals surface area contributed by atoms with Crippen molar-refractivity contribution in [1.29, 1.82) is 0 Å². The van der Waals surface area contributed by atoms with Crippen LogP contribution in [-0.4, -0.2) is 34.3 Å². The van der Waals surface area contributed by atoms with Gasteiger partial charge in [-0.05, 0) is 51.2 Å². The van der Waals surface area contributed by atoms with Crippen molar-refractivity contribution in [3.05, 3.63) is 51.6 Å². The molecule has 0 heterocycles. The zero-order valence-electron chi connectivity index (χ0n) is 13.3. The highest BCUT2D eigenvalue weighted by Gasteiger charge is 2.22. The minimum Gasteiger partial charge on any atom is -0.502 e. The molecule has 10 nitrogen and oxygen atoms in total. The third-order valence-corrected chi connectivity index (χ3v) is 4.71. The second kappa shape index (κ2) is 9.56. The molecular formula is C14H12I2N2O8. The molecule has 0 aliphatic carbocycles. The van der Waals surface area contributed by atoms with Gasteiger partial charge in [-0.15, -0.1) is 0 Å². The molecule has 2 aromatic carbocycles. The number of hydrogen-bond acceptors (Lipinski definition) is 8. The van der Waals surface area contributed by atoms with E-state index in [1.54, 1.807) is 22.6 Å². The first-order chi connectivity index (χ1) is 12.1. The molecule has 0 fully saturated rings. The standard InChI is InChI=1S/C7H5I2NO4.C7H7NO4/c1-14-7-3(8)2-4(10(12)13)6(11)5(7)9;1-12-5-2-3-6(8(10)11)7(9)4-5/h2,11H,1H3;2-4,9H,1H3. The Balaban J connectivity index is 0.000000263. The maximum absolute atomic E-state index is 10.5. The number of halogens is 2. The fraction of sp³-hybridized carbons (Fsp3) is 0.143. The summed E-state index contributed by atoms with van der Waals surface area (Å²) in [5.74, 6) is 0.0969. The molecule has 0 aromatic heterocycles. The molecule has 12 heteroatoms. The Morgan fingerprint density at radius 3 is 1.96 bits per heavy atom. The van der Waals surface area contributed by atoms with E-state index in [9.17, 15) is 25.3 Å². The Labute approximate surface area is 174 Å². The van der Waals surface area contributed by atoms with Crippen LogP contribution in [0.1, 0.15) is 0 Å². The van der Waals surface area contributed by atoms with Crippen LogP contribution in [0.3, 0.4) is 0 Å². The summed E-state index contributed by atoms with van der Waals surface area (Å²) in [6.07, 6.45) is 0. The molecule has 0 atom stereocenters. The van der Waals surface area contributed by atoms with E-state index in [1.807, 2.05) is 22.6 Å². The van der Waals surface area contributed by atoms with E-state index in [0.717, 1.165) is 0 Å². The quantitative estimate of drug-likeness (QED) is 0.311. The number of nitrogens with zero attached hydrogens (tertiary/aromatic N) is 2. The topological polar surface area (TPSA) is 145 Å². The number of aromatic hydroxyl groups is 2. The molecular weight excluding hydrogens is 578 g/mol. The van der Waals surface area contributed by atoms with E-state index in [2.05, 4.69) is 0 Å². The van der Waals surface area contributed by atoms with Gasteiger partial charge in [0.1, 0.15) is 15.1 Å². The summed E-state index contributed by atoms with van der Waals surface area (Å²) in [7, 11) is 2.87. The minimum absolute atomic E-state index is 0.306. The molecule has 2 aromatic rings. The summed E-state index contributed by atoms with van der Waals surface area (Å²) in [6.45, 7) is 0. The summed E-state index contributed by atoms with van der Waals surface area (Å²) >= 11 is 3.72. The lowest BCUT2D eigenvalue weighted by atomic mass is 10.3. The summed E-state index contributed by atoms with van der Waals surface area (Å²) in [4.78, 5) is 19.5. The molecule has 2 N–H and O–H groups in total. The van der Waals surface area contributed by atoms with Gasteiger partial charge in [0.15, 0.2) is 5.75 Å². The lowest BCUT2D eigenvalue weighted by Gasteiger charge is -2.07. The predicted octanol–water partition coefficient (Wildman–Crippen LogP) is 3.83. The molecule has 0 radical (unpaired) electrons. The van der Waals surface area contributed by atoms with E-state index in [4.69, 9.17) is 14.6 Å². The van der Waals surface area contributed by atoms with Crippen LogP contribution in [0.25, 0.3) is 0 Å². The number of ether oxygens (including phenoxy) is 2. The van der Waals surface area contributed by atoms with Gasteiger partial charge in [-0.3, -0.25) is 20.2 Å². The van der Waals surface area contributed by atoms with Crippen LogP contribution < -0.4 is 9.47 Å². The van der Waals surface area contributed by atoms with Gasteiger partial charge in [0.05, 0.1) is 27.6 Å². The molecule has 26 heavy (non-hydrogen) atoms. The van der Waals surface area contributed by atoms with Gasteiger partial charge in [-0.1, -0.05) is 0 Å². The number of rotatable bonds is 4. The molecule has 0 aliphatic rings. The van der Waals surface area contributed by atoms with Crippen LogP contribution in [0.5, 0.6) is 23.0 Å². The van der Waals surface area contributed by atoms with Crippen LogP contribution in [-0.2, 0) is 0 Å². The van der Waals surface area contributed by atoms with Crippen LogP contribution >= 0.6 is 45.2 Å². The van der Waals surface area contributed by atoms with Crippen molar-refractivity contribution in [3.63, 3.8) is 0 Å². The van der Waals surface area contributed by atoms with Crippen molar-refractivity contribution in [3.8, 4) is 23.0 Å². The summed E-state index contributed by atoms with van der Waals surface area (Å²) in [5.41, 5.74) is -0.629. The van der Waals surface area contributed by atoms with E-state index >= 15 is 0 Å². The molecule has 2 rings (SSSR count). The fourth-order valence-electron chi connectivity index (χ4n) is 1.69. The first-order valence-corrected chi connectivity index (χ1v) is 8.70. The van der Waals surface area contributed by atoms with E-state index < -0.39 is 9.85 Å². The number of nitro benzene ring substituents is 2. The summed E-state index contributed by atoms with van der Waals surface area (Å²) < 4.78 is 10.7. The molecule has 0 bridgehead atoms. The van der Waals surface area contributed by atoms with Crippen molar-refractivity contribution in [1.82, 2.24) is 0 Å². The number of methoxy groups -OCH3 is 2. The monoisotopic (exact) mass is 590 g/mol. The zero-order valence-corrected chi connectivity index (χ0v) is 17.6. The van der Waals surface area contributed by atoms with Crippen LogP contribution in [0.15, 0.2) is 24.3 Å². The maximum atomic E-state index is 10.5. The van der Waals surface area contributed by atoms with Crippen molar-refractivity contribution < 1.29 is 29.5 Å². The number of nitro groups is 2. The third-order valence-electron chi connectivity index (χ3n) is 2.91. The number of benzene rings is 2. The average molecular weight is 590 g/mol. The Morgan fingerprint density at radius 1 is 0.962 bits per heavy atom. The van der Waals surface area contributed by atoms with Crippen molar-refractivity contribution in [2.24, 2.45) is 0 Å². The number of phenols is 2. The van der Waals surface area contributed by atoms with Crippen molar-refractivity contribution >= 4 is 56.6 Å². The highest BCUT2D eigenvalue weighted by atomic mass is 127. The lowest BCUT2D eigenvalue weighted by molar-refractivity contribution is -0.386. The van der Waals surface area contributed by atoms with Gasteiger partial charge in [0.2, 0.25) is 5.75 Å². The van der Waals surface area contributed by atoms with E-state index in [0.29, 0.717) is 18.6 Å². The Kier molecular flexibility index (Phi) is 8.07. The average Bonchev–Trinajstić information content (AvgIpc) is 2.58. The molecule has 0 spiro atoms. The van der Waals surface area contributed by atoms with E-state index in [-0.39, 0.29) is 22.9 Å². The van der Waals surface area contributed by atoms with Crippen molar-refractivity contribution in [2.75, 3.05) is 14.2 Å². The molecule has 0 saturated heterocycles. The summed E-state index contributed by atoms with van der Waals surface area (Å²) in [5, 5.41) is 39.3. The largest absolute Gasteiger partial charge is 0.502 e. The Morgan fingerprint density at radius 2 is 1.54 bits per heavy atom. The molecule has 0 aliphatic heterocycles. The molecule has 0 unspecified atom stereocenters. The zero-order chi connectivity index (χ0) is 20.0. The smallest absolute Gasteiger partial charge is 0.313 e. The minimum atomic E-state index is -0.658. The van der Waals surface area contributed by atoms with Gasteiger partial charge >= 0.3 is 11.4 Å². The number of hydrogen-bond donors (Lipinski definition) is 2. The SMILES string of the molecule is COc1c(I)cc([N+](=O)[O-])c(O)c1I.COc1ccc([N+](=O)[O-])c(O)c1. The van der Waals surface area contributed by atoms with Crippen LogP contribution in [0, 0.1) is 27.4 Å². The lowest BCUT2D eigenvalue weighted by Crippen LogP contribution is -1.96.